The summed E-state index contributed by atoms with van der Waals surface area (Å²) >= 11 is 0. The molecule has 0 aromatic rings. The Morgan fingerprint density at radius 1 is 0.458 bits per heavy atom. The maximum absolute atomic E-state index is 6.32. The molecule has 1 spiro atoms. The summed E-state index contributed by atoms with van der Waals surface area (Å²) in [6, 6.07) is 0. The third-order valence-electron chi connectivity index (χ3n) is 5.01. The third kappa shape index (κ3) is 5.91. The van der Waals surface area contributed by atoms with Crippen LogP contribution >= 0.6 is 0 Å². The van der Waals surface area contributed by atoms with Crippen LogP contribution in [-0.2, 0) is 23.7 Å². The number of hydrogen-bond acceptors (Lipinski definition) is 7. The molecule has 3 rings (SSSR count). The smallest absolute Gasteiger partial charge is 0.171 e. The summed E-state index contributed by atoms with van der Waals surface area (Å²) in [5.41, 5.74) is 0. The summed E-state index contributed by atoms with van der Waals surface area (Å²) in [7, 11) is 0. The monoisotopic (exact) mass is 344 g/mol. The summed E-state index contributed by atoms with van der Waals surface area (Å²) in [5, 5.41) is 0. The van der Waals surface area contributed by atoms with Crippen LogP contribution in [0.1, 0.15) is 12.8 Å². The minimum absolute atomic E-state index is 0.559. The lowest BCUT2D eigenvalue weighted by Gasteiger charge is -2.35. The fourth-order valence-electron chi connectivity index (χ4n) is 3.41. The molecule has 3 unspecified atom stereocenters. The highest BCUT2D eigenvalue weighted by molar-refractivity contribution is 4.76. The molecule has 7 nitrogen and oxygen atoms in total. The molecule has 0 aliphatic carbocycles. The van der Waals surface area contributed by atoms with Crippen LogP contribution in [0.5, 0.6) is 0 Å². The second-order valence-corrected chi connectivity index (χ2v) is 6.63. The highest BCUT2D eigenvalue weighted by Crippen LogP contribution is 2.25. The van der Waals surface area contributed by atoms with E-state index in [1.54, 1.807) is 0 Å². The molecule has 3 aliphatic heterocycles. The Balaban J connectivity index is 1.74. The Labute approximate surface area is 145 Å². The van der Waals surface area contributed by atoms with Gasteiger partial charge in [-0.2, -0.15) is 0 Å². The molecule has 3 atom stereocenters. The van der Waals surface area contributed by atoms with Crippen molar-refractivity contribution in [2.45, 2.75) is 18.6 Å². The molecule has 7 heteroatoms. The van der Waals surface area contributed by atoms with Gasteiger partial charge in [0.05, 0.1) is 52.9 Å². The normalized spacial score (nSPS) is 38.0. The van der Waals surface area contributed by atoms with E-state index < -0.39 is 5.79 Å². The highest BCUT2D eigenvalue weighted by Gasteiger charge is 2.34. The van der Waals surface area contributed by atoms with Crippen LogP contribution in [0.3, 0.4) is 0 Å². The van der Waals surface area contributed by atoms with Crippen LogP contribution in [0.25, 0.3) is 0 Å². The van der Waals surface area contributed by atoms with Crippen LogP contribution < -0.4 is 0 Å². The molecule has 0 saturated carbocycles. The van der Waals surface area contributed by atoms with Crippen LogP contribution in [0.4, 0.5) is 0 Å². The first-order chi connectivity index (χ1) is 11.9. The lowest BCUT2D eigenvalue weighted by atomic mass is 10.1. The molecule has 3 bridgehead atoms. The molecule has 0 amide bonds. The largest absolute Gasteiger partial charge is 0.380 e. The van der Waals surface area contributed by atoms with Gasteiger partial charge in [0.2, 0.25) is 0 Å². The van der Waals surface area contributed by atoms with E-state index in [0.29, 0.717) is 26.4 Å². The van der Waals surface area contributed by atoms with Gasteiger partial charge in [0.1, 0.15) is 0 Å². The van der Waals surface area contributed by atoms with Crippen molar-refractivity contribution in [1.82, 2.24) is 9.80 Å². The zero-order valence-electron chi connectivity index (χ0n) is 14.7. The molecular formula is C17H32N2O5. The van der Waals surface area contributed by atoms with Crippen molar-refractivity contribution in [2.24, 2.45) is 0 Å². The average molecular weight is 344 g/mol. The van der Waals surface area contributed by atoms with E-state index in [0.717, 1.165) is 78.5 Å². The van der Waals surface area contributed by atoms with Crippen molar-refractivity contribution in [1.29, 1.82) is 0 Å². The van der Waals surface area contributed by atoms with Gasteiger partial charge in [-0.05, 0) is 0 Å². The molecule has 0 aromatic carbocycles. The summed E-state index contributed by atoms with van der Waals surface area (Å²) in [6.45, 7) is 11.1. The lowest BCUT2D eigenvalue weighted by Crippen LogP contribution is -2.43. The van der Waals surface area contributed by atoms with Crippen molar-refractivity contribution in [3.63, 3.8) is 0 Å². The molecule has 3 aliphatic rings. The average Bonchev–Trinajstić information content (AvgIpc) is 2.65. The van der Waals surface area contributed by atoms with Crippen molar-refractivity contribution in [3.8, 4) is 0 Å². The Morgan fingerprint density at radius 3 is 1.75 bits per heavy atom. The van der Waals surface area contributed by atoms with Gasteiger partial charge in [0.15, 0.2) is 5.79 Å². The first-order valence-electron chi connectivity index (χ1n) is 9.32. The van der Waals surface area contributed by atoms with Gasteiger partial charge in [-0.1, -0.05) is 0 Å². The highest BCUT2D eigenvalue weighted by atomic mass is 16.7. The van der Waals surface area contributed by atoms with Gasteiger partial charge in [-0.25, -0.2) is 0 Å². The van der Waals surface area contributed by atoms with E-state index in [1.165, 1.54) is 0 Å². The quantitative estimate of drug-likeness (QED) is 0.622. The Kier molecular flexibility index (Phi) is 7.72. The molecule has 140 valence electrons. The van der Waals surface area contributed by atoms with Gasteiger partial charge in [0.25, 0.3) is 0 Å². The van der Waals surface area contributed by atoms with Crippen LogP contribution in [-0.4, -0.2) is 108 Å². The molecule has 24 heavy (non-hydrogen) atoms. The number of nitrogens with zero attached hydrogens (tertiary/aromatic N) is 2. The van der Waals surface area contributed by atoms with Crippen LogP contribution in [0.2, 0.25) is 0 Å². The van der Waals surface area contributed by atoms with E-state index in [-0.39, 0.29) is 0 Å². The number of hydrogen-bond donors (Lipinski definition) is 0. The molecule has 0 aromatic heterocycles. The van der Waals surface area contributed by atoms with Gasteiger partial charge in [-0.3, -0.25) is 9.80 Å². The standard InChI is InChI=1S/C17H32N2O5/c1-3-18-4-10-20-9-2-17(1)23-14-8-19(6-12-21-11-5-18)7-13-22-15-16-24-17/h1-16H2. The van der Waals surface area contributed by atoms with E-state index in [9.17, 15) is 0 Å². The van der Waals surface area contributed by atoms with Gasteiger partial charge in [0, 0.05) is 52.1 Å². The van der Waals surface area contributed by atoms with E-state index in [4.69, 9.17) is 23.7 Å². The molecule has 0 N–H and O–H groups in total. The van der Waals surface area contributed by atoms with Crippen molar-refractivity contribution in [2.75, 3.05) is 92.1 Å². The predicted octanol–water partition coefficient (Wildman–Crippen LogP) is 0.191. The lowest BCUT2D eigenvalue weighted by molar-refractivity contribution is -0.252. The summed E-state index contributed by atoms with van der Waals surface area (Å²) < 4.78 is 29.9. The van der Waals surface area contributed by atoms with Crippen LogP contribution in [0, 0.1) is 0 Å². The minimum Gasteiger partial charge on any atom is -0.380 e. The number of ether oxygens (including phenoxy) is 5. The second-order valence-electron chi connectivity index (χ2n) is 6.63. The van der Waals surface area contributed by atoms with E-state index in [2.05, 4.69) is 9.80 Å². The fourth-order valence-corrected chi connectivity index (χ4v) is 3.41. The zero-order chi connectivity index (χ0) is 16.5. The maximum atomic E-state index is 6.32. The second kappa shape index (κ2) is 10.0. The Bertz CT molecular complexity index is 360. The molecule has 3 heterocycles. The SMILES string of the molecule is C1COC23CCOCCN(CCOCCN(CCO1)CCO2)CC3. The van der Waals surface area contributed by atoms with Gasteiger partial charge < -0.3 is 23.7 Å². The minimum atomic E-state index is -0.559. The topological polar surface area (TPSA) is 52.6 Å². The summed E-state index contributed by atoms with van der Waals surface area (Å²) in [4.78, 5) is 4.75. The first-order valence-corrected chi connectivity index (χ1v) is 9.32. The Hall–Kier alpha value is -0.280. The van der Waals surface area contributed by atoms with E-state index >= 15 is 0 Å². The molecule has 0 radical (unpaired) electrons. The number of fused-ring (bicyclic) bond motifs is 5. The predicted molar refractivity (Wildman–Crippen MR) is 89.2 cm³/mol. The van der Waals surface area contributed by atoms with Gasteiger partial charge in [-0.15, -0.1) is 0 Å². The Morgan fingerprint density at radius 2 is 1.00 bits per heavy atom. The molecule has 3 saturated heterocycles. The maximum Gasteiger partial charge on any atom is 0.171 e. The molecule has 3 fully saturated rings. The zero-order valence-corrected chi connectivity index (χ0v) is 14.7. The molecular weight excluding hydrogens is 312 g/mol. The summed E-state index contributed by atoms with van der Waals surface area (Å²) in [6.07, 6.45) is 1.63. The summed E-state index contributed by atoms with van der Waals surface area (Å²) in [5.74, 6) is -0.559. The van der Waals surface area contributed by atoms with Crippen molar-refractivity contribution >= 4 is 0 Å². The van der Waals surface area contributed by atoms with E-state index in [1.807, 2.05) is 0 Å². The van der Waals surface area contributed by atoms with Crippen molar-refractivity contribution < 1.29 is 23.7 Å². The van der Waals surface area contributed by atoms with Crippen LogP contribution in [0.15, 0.2) is 0 Å². The van der Waals surface area contributed by atoms with Gasteiger partial charge >= 0.3 is 0 Å². The fraction of sp³-hybridized carbons (Fsp3) is 1.00. The number of rotatable bonds is 0. The third-order valence-corrected chi connectivity index (χ3v) is 5.01. The van der Waals surface area contributed by atoms with Crippen molar-refractivity contribution in [3.05, 3.63) is 0 Å². The first kappa shape index (κ1) is 18.5.